The number of rotatable bonds is 4. The Bertz CT molecular complexity index is 526. The molecule has 2 aromatic rings. The monoisotopic (exact) mass is 408 g/mol. The normalized spacial score (nSPS) is 13.4. The summed E-state index contributed by atoms with van der Waals surface area (Å²) in [6, 6.07) is 16.2. The van der Waals surface area contributed by atoms with E-state index >= 15 is 0 Å². The van der Waals surface area contributed by atoms with Crippen LogP contribution in [-0.4, -0.2) is 16.9 Å². The third kappa shape index (κ3) is 5.20. The van der Waals surface area contributed by atoms with Crippen molar-refractivity contribution in [2.45, 2.75) is 21.8 Å². The second kappa shape index (κ2) is 8.61. The molecule has 0 aliphatic carbocycles. The first-order valence-electron chi connectivity index (χ1n) is 5.99. The van der Waals surface area contributed by atoms with E-state index in [-0.39, 0.29) is 12.4 Å². The van der Waals surface area contributed by atoms with E-state index in [2.05, 4.69) is 31.2 Å². The van der Waals surface area contributed by atoms with Crippen LogP contribution in [0.4, 0.5) is 0 Å². The Morgan fingerprint density at radius 2 is 1.35 bits per heavy atom. The fraction of sp³-hybridized carbons (Fsp3) is 0.200. The largest absolute Gasteiger partial charge is 0.147 e. The van der Waals surface area contributed by atoms with Crippen molar-refractivity contribution in [1.82, 2.24) is 0 Å². The van der Waals surface area contributed by atoms with Crippen LogP contribution < -0.4 is 0 Å². The topological polar surface area (TPSA) is 0 Å². The number of benzene rings is 2. The molecule has 0 saturated heterocycles. The molecule has 0 N–H and O–H groups in total. The molecule has 2 rings (SSSR count). The van der Waals surface area contributed by atoms with Gasteiger partial charge in [-0.25, -0.2) is 0 Å². The maximum Gasteiger partial charge on any atom is -0.147 e. The van der Waals surface area contributed by atoms with Crippen LogP contribution in [-0.2, 0) is 0 Å². The molecule has 0 saturated carbocycles. The molecule has 0 aromatic heterocycles. The van der Waals surface area contributed by atoms with Crippen LogP contribution in [0.5, 0.6) is 0 Å². The van der Waals surface area contributed by atoms with Crippen molar-refractivity contribution in [2.24, 2.45) is 0 Å². The zero-order chi connectivity index (χ0) is 13.8. The Hall–Kier alpha value is 0.218. The minimum Gasteiger partial charge on any atom is -0.147 e. The molecule has 3 atom stereocenters. The van der Waals surface area contributed by atoms with Crippen molar-refractivity contribution in [1.29, 1.82) is 0 Å². The number of halogens is 3. The van der Waals surface area contributed by atoms with Gasteiger partial charge in [-0.3, -0.25) is 0 Å². The van der Waals surface area contributed by atoms with Gasteiger partial charge in [0.05, 0.1) is 0 Å². The number of hydrogen-bond donors (Lipinski definition) is 0. The summed E-state index contributed by atoms with van der Waals surface area (Å²) in [7, 11) is 0. The van der Waals surface area contributed by atoms with Crippen molar-refractivity contribution in [3.8, 4) is 0 Å². The molecule has 0 aliphatic heterocycles. The summed E-state index contributed by atoms with van der Waals surface area (Å²) in [6.07, 6.45) is 0. The molecule has 0 spiro atoms. The van der Waals surface area contributed by atoms with Gasteiger partial charge in [-0.05, 0) is 0 Å². The maximum atomic E-state index is 5.96. The fourth-order valence-electron chi connectivity index (χ4n) is 1.79. The van der Waals surface area contributed by atoms with Crippen LogP contribution in [0.3, 0.4) is 0 Å². The Labute approximate surface area is 149 Å². The van der Waals surface area contributed by atoms with Crippen molar-refractivity contribution in [3.63, 3.8) is 0 Å². The van der Waals surface area contributed by atoms with Gasteiger partial charge in [0.1, 0.15) is 0 Å². The van der Waals surface area contributed by atoms with Crippen LogP contribution in [0, 0.1) is 0 Å². The molecule has 0 heterocycles. The zero-order valence-electron chi connectivity index (χ0n) is 10.9. The van der Waals surface area contributed by atoms with Gasteiger partial charge in [-0.15, -0.1) is 12.4 Å². The molecule has 0 radical (unpaired) electrons. The molecule has 5 heteroatoms. The average molecular weight is 410 g/mol. The van der Waals surface area contributed by atoms with E-state index in [9.17, 15) is 0 Å². The first kappa shape index (κ1) is 18.3. The van der Waals surface area contributed by atoms with E-state index in [4.69, 9.17) is 23.2 Å². The molecule has 0 aliphatic rings. The summed E-state index contributed by atoms with van der Waals surface area (Å²) in [4.78, 5) is 1.24. The second-order valence-corrected chi connectivity index (χ2v) is 8.70. The summed E-state index contributed by atoms with van der Waals surface area (Å²) >= 11 is 15.5. The zero-order valence-corrected chi connectivity index (χ0v) is 16.5. The van der Waals surface area contributed by atoms with E-state index in [1.807, 2.05) is 36.0 Å². The van der Waals surface area contributed by atoms with E-state index in [0.717, 1.165) is 10.0 Å². The molecular formula is C15H16AsCl3S. The van der Waals surface area contributed by atoms with Crippen LogP contribution in [0.25, 0.3) is 0 Å². The first-order chi connectivity index (χ1) is 9.06. The first-order valence-corrected chi connectivity index (χ1v) is 9.03. The van der Waals surface area contributed by atoms with Crippen LogP contribution >= 0.6 is 47.4 Å². The van der Waals surface area contributed by atoms with Gasteiger partial charge in [0.25, 0.3) is 0 Å². The molecule has 0 bridgehead atoms. The number of thioether (sulfide) groups is 1. The Morgan fingerprint density at radius 1 is 0.900 bits per heavy atom. The van der Waals surface area contributed by atoms with Crippen LogP contribution in [0.15, 0.2) is 53.4 Å². The van der Waals surface area contributed by atoms with Crippen molar-refractivity contribution >= 4 is 64.2 Å². The average Bonchev–Trinajstić information content (AvgIpc) is 2.39. The third-order valence-electron chi connectivity index (χ3n) is 2.75. The van der Waals surface area contributed by atoms with Crippen molar-refractivity contribution in [2.75, 3.05) is 0 Å². The van der Waals surface area contributed by atoms with Gasteiger partial charge in [0, 0.05) is 0 Å². The van der Waals surface area contributed by atoms with Gasteiger partial charge >= 0.3 is 138 Å². The third-order valence-corrected chi connectivity index (χ3v) is 6.15. The number of hydrogen-bond acceptors (Lipinski definition) is 1. The van der Waals surface area contributed by atoms with E-state index in [0.29, 0.717) is 9.96 Å². The minimum atomic E-state index is 0. The molecule has 3 unspecified atom stereocenters. The Kier molecular flexibility index (Phi) is 7.86. The Balaban J connectivity index is 0.00000200. The van der Waals surface area contributed by atoms with Gasteiger partial charge in [-0.2, -0.15) is 0 Å². The maximum absolute atomic E-state index is 5.96. The summed E-state index contributed by atoms with van der Waals surface area (Å²) < 4.78 is 0.606. The molecule has 0 amide bonds. The molecule has 0 nitrogen and oxygen atoms in total. The van der Waals surface area contributed by atoms with Gasteiger partial charge in [0.2, 0.25) is 0 Å². The minimum absolute atomic E-state index is 0. The Morgan fingerprint density at radius 3 is 1.80 bits per heavy atom. The molecule has 0 fully saturated rings. The van der Waals surface area contributed by atoms with E-state index in [1.165, 1.54) is 10.5 Å². The molecule has 2 aromatic carbocycles. The fourth-order valence-corrected chi connectivity index (χ4v) is 4.10. The van der Waals surface area contributed by atoms with Gasteiger partial charge < -0.3 is 0 Å². The summed E-state index contributed by atoms with van der Waals surface area (Å²) in [5.41, 5.74) is 1.32. The van der Waals surface area contributed by atoms with Gasteiger partial charge in [0.15, 0.2) is 0 Å². The van der Waals surface area contributed by atoms with Crippen molar-refractivity contribution in [3.05, 3.63) is 64.1 Å². The molecule has 108 valence electrons. The summed E-state index contributed by atoms with van der Waals surface area (Å²) in [6.45, 7) is 2.27. The smallest absolute Gasteiger partial charge is 0.147 e. The standard InChI is InChI=1S/C15H15AsCl2S.ClH/c1-10(16)15(11-2-4-12(17)5-3-11)19-14-8-6-13(18)7-9-14;/h2-10,15H,16H2,1H3;1H. The van der Waals surface area contributed by atoms with E-state index < -0.39 is 0 Å². The van der Waals surface area contributed by atoms with Crippen LogP contribution in [0.2, 0.25) is 14.8 Å². The molecule has 20 heavy (non-hydrogen) atoms. The summed E-state index contributed by atoms with van der Waals surface area (Å²) in [5.74, 6) is 0. The van der Waals surface area contributed by atoms with Gasteiger partial charge in [-0.1, -0.05) is 0 Å². The van der Waals surface area contributed by atoms with E-state index in [1.54, 1.807) is 16.9 Å². The predicted molar refractivity (Wildman–Crippen MR) is 96.7 cm³/mol. The predicted octanol–water partition coefficient (Wildman–Crippen LogP) is 5.69. The second-order valence-electron chi connectivity index (χ2n) is 4.40. The SMILES string of the molecule is CC([AsH2])C(Sc1ccc(Cl)cc1)c1ccc(Cl)cc1.Cl. The molecular weight excluding hydrogens is 394 g/mol. The quantitative estimate of drug-likeness (QED) is 0.462. The van der Waals surface area contributed by atoms with Crippen LogP contribution in [0.1, 0.15) is 17.7 Å². The van der Waals surface area contributed by atoms with Crippen molar-refractivity contribution < 1.29 is 0 Å². The summed E-state index contributed by atoms with van der Waals surface area (Å²) in [5, 5.41) is 2.01.